The van der Waals surface area contributed by atoms with Crippen LogP contribution in [0.1, 0.15) is 59.3 Å². The van der Waals surface area contributed by atoms with Crippen molar-refractivity contribution in [1.29, 1.82) is 0 Å². The summed E-state index contributed by atoms with van der Waals surface area (Å²) in [5.41, 5.74) is 0.368. The zero-order valence-electron chi connectivity index (χ0n) is 42.0. The summed E-state index contributed by atoms with van der Waals surface area (Å²) in [5.74, 6) is 1.13. The molecule has 2 saturated heterocycles. The van der Waals surface area contributed by atoms with Gasteiger partial charge < -0.3 is 48.9 Å². The number of rotatable bonds is 17. The first-order chi connectivity index (χ1) is 36.3. The van der Waals surface area contributed by atoms with Gasteiger partial charge in [-0.15, -0.1) is 0 Å². The van der Waals surface area contributed by atoms with Gasteiger partial charge in [0.1, 0.15) is 53.7 Å². The van der Waals surface area contributed by atoms with Crippen LogP contribution in [0, 0.1) is 12.7 Å². The molecule has 15 nitrogen and oxygen atoms in total. The van der Waals surface area contributed by atoms with E-state index >= 15 is 17.6 Å². The van der Waals surface area contributed by atoms with E-state index in [1.807, 2.05) is 60.4 Å². The quantitative estimate of drug-likeness (QED) is 0.0841. The molecule has 6 aromatic rings. The monoisotopic (exact) mass is 1050 g/mol. The molecule has 6 heterocycles. The maximum atomic E-state index is 18.3. The van der Waals surface area contributed by atoms with Crippen molar-refractivity contribution in [3.8, 4) is 34.3 Å². The van der Waals surface area contributed by atoms with E-state index in [4.69, 9.17) is 55.0 Å². The van der Waals surface area contributed by atoms with Crippen molar-refractivity contribution in [3.63, 3.8) is 0 Å². The van der Waals surface area contributed by atoms with E-state index in [0.29, 0.717) is 48.6 Å². The molecule has 2 fully saturated rings. The molecule has 392 valence electrons. The molecule has 0 bridgehead atoms. The number of benzene rings is 4. The summed E-state index contributed by atoms with van der Waals surface area (Å²) in [6.45, 7) is 6.03. The Morgan fingerprint density at radius 2 is 1.53 bits per heavy atom. The van der Waals surface area contributed by atoms with Crippen LogP contribution in [0.3, 0.4) is 0 Å². The fraction of sp³-hybridized carbons (Fsp3) is 0.345. The minimum atomic E-state index is -5.01. The summed E-state index contributed by atoms with van der Waals surface area (Å²) >= 11 is 7.30. The van der Waals surface area contributed by atoms with E-state index in [1.54, 1.807) is 69.1 Å². The van der Waals surface area contributed by atoms with Crippen LogP contribution in [-0.4, -0.2) is 91.2 Å². The summed E-state index contributed by atoms with van der Waals surface area (Å²) in [4.78, 5) is 24.8. The van der Waals surface area contributed by atoms with Crippen LogP contribution in [0.5, 0.6) is 23.0 Å². The summed E-state index contributed by atoms with van der Waals surface area (Å²) in [7, 11) is 4.73. The Bertz CT molecular complexity index is 3160. The van der Waals surface area contributed by atoms with Gasteiger partial charge in [0.15, 0.2) is 11.6 Å². The fourth-order valence-electron chi connectivity index (χ4n) is 10.1. The maximum Gasteiger partial charge on any atom is 0.418 e. The third-order valence-corrected chi connectivity index (χ3v) is 14.4. The second-order valence-electron chi connectivity index (χ2n) is 18.6. The Labute approximate surface area is 436 Å². The van der Waals surface area contributed by atoms with Crippen LogP contribution in [-0.2, 0) is 35.3 Å². The molecule has 2 aromatic heterocycles. The van der Waals surface area contributed by atoms with Crippen molar-refractivity contribution >= 4 is 29.1 Å². The summed E-state index contributed by atoms with van der Waals surface area (Å²) in [5, 5.41) is 6.39. The lowest BCUT2D eigenvalue weighted by Crippen LogP contribution is -2.46. The molecular weight excluding hydrogens is 994 g/mol. The van der Waals surface area contributed by atoms with Gasteiger partial charge in [0.2, 0.25) is 0 Å². The Morgan fingerprint density at radius 1 is 0.893 bits per heavy atom. The van der Waals surface area contributed by atoms with E-state index in [0.717, 1.165) is 41.8 Å². The largest absolute Gasteiger partial charge is 0.497 e. The van der Waals surface area contributed by atoms with Gasteiger partial charge >= 0.3 is 12.1 Å². The van der Waals surface area contributed by atoms with Crippen LogP contribution in [0.2, 0.25) is 5.02 Å². The van der Waals surface area contributed by atoms with Crippen molar-refractivity contribution in [2.24, 2.45) is 4.99 Å². The predicted octanol–water partition coefficient (Wildman–Crippen LogP) is 8.88. The van der Waals surface area contributed by atoms with E-state index in [9.17, 15) is 0 Å². The average molecular weight is 1050 g/mol. The van der Waals surface area contributed by atoms with Crippen LogP contribution in [0.25, 0.3) is 17.1 Å². The molecule has 4 aliphatic rings. The molecule has 0 spiro atoms. The average Bonchev–Trinajstić information content (AvgIpc) is 3.80. The molecule has 0 radical (unpaired) electrons. The molecule has 2 N–H and O–H groups in total. The molecular formula is C55H56ClF4N9O6. The highest BCUT2D eigenvalue weighted by atomic mass is 35.5. The van der Waals surface area contributed by atoms with Crippen molar-refractivity contribution in [1.82, 2.24) is 30.1 Å². The normalized spacial score (nSPS) is 17.5. The molecule has 0 aliphatic carbocycles. The van der Waals surface area contributed by atoms with Gasteiger partial charge in [-0.3, -0.25) is 14.9 Å². The highest BCUT2D eigenvalue weighted by Gasteiger charge is 2.41. The van der Waals surface area contributed by atoms with Gasteiger partial charge in [0.25, 0.3) is 0 Å². The summed E-state index contributed by atoms with van der Waals surface area (Å²) < 4.78 is 100. The molecule has 4 aliphatic heterocycles. The number of hydrogen-bond acceptors (Lipinski definition) is 15. The number of anilines is 2. The molecule has 75 heavy (non-hydrogen) atoms. The number of methoxy groups -OCH3 is 3. The number of aromatic nitrogens is 3. The molecule has 0 amide bonds. The number of nitrogens with one attached hydrogen (secondary N) is 2. The first-order valence-corrected chi connectivity index (χ1v) is 24.9. The minimum Gasteiger partial charge on any atom is -0.497 e. The van der Waals surface area contributed by atoms with Crippen LogP contribution in [0.4, 0.5) is 29.2 Å². The second kappa shape index (κ2) is 21.9. The number of alkyl halides is 3. The van der Waals surface area contributed by atoms with Gasteiger partial charge in [-0.2, -0.15) is 13.2 Å². The molecule has 3 atom stereocenters. The number of hydrogen-bond donors (Lipinski definition) is 2. The Morgan fingerprint density at radius 3 is 2.17 bits per heavy atom. The second-order valence-corrected chi connectivity index (χ2v) is 19.0. The lowest BCUT2D eigenvalue weighted by molar-refractivity contribution is -0.137. The Kier molecular flexibility index (Phi) is 14.9. The standard InChI is InChI=1S/C55H56ClF4N9O6/c1-32-24-42(67(26-35-8-16-40(71-4)17-9-35)27-36-10-18-41(72-5)19-11-36)66-50(46(32)55(58,59)60)44-47(56)51-45-52(48(44)57)75-43(74-30-38-13-12-37-29-73-23-22-68(37)38)28-69(54(45)65-31-64-51)33(2)49-53(62-21-20-61-49)63-25-34-6-14-39(70-3)15-7-34/h6-11,14-21,24,28,33,37-38,65H,12-13,22-23,25-27,29-31H2,1-5H3,(H,62,63)/t33?,37-,38-/m0/s1. The van der Waals surface area contributed by atoms with Crippen LogP contribution in [0.15, 0.2) is 108 Å². The Hall–Kier alpha value is -7.35. The molecule has 1 unspecified atom stereocenters. The SMILES string of the molecule is COc1ccc(CNc2nccnc2C(C)N2C=C(OC[C@@H]3CC[C@H]4COCCN43)Oc3c(F)c(-c4nc(N(Cc5ccc(OC)cc5)Cc5ccc(OC)cc5)cc(C)c4C(F)(F)F)c(Cl)c4c3=C2NCN=4)cc1. The van der Waals surface area contributed by atoms with Gasteiger partial charge in [-0.25, -0.2) is 14.4 Å². The van der Waals surface area contributed by atoms with Crippen molar-refractivity contribution in [2.75, 3.05) is 64.6 Å². The fourth-order valence-corrected chi connectivity index (χ4v) is 10.5. The van der Waals surface area contributed by atoms with Crippen LogP contribution < -0.4 is 45.1 Å². The van der Waals surface area contributed by atoms with Crippen molar-refractivity contribution in [2.45, 2.75) is 70.6 Å². The summed E-state index contributed by atoms with van der Waals surface area (Å²) in [6.07, 6.45) is 1.48. The number of fused-ring (bicyclic) bond motifs is 1. The molecule has 20 heteroatoms. The number of aryl methyl sites for hydroxylation is 1. The van der Waals surface area contributed by atoms with Crippen LogP contribution >= 0.6 is 11.6 Å². The highest BCUT2D eigenvalue weighted by Crippen LogP contribution is 2.44. The zero-order valence-corrected chi connectivity index (χ0v) is 42.8. The third-order valence-electron chi connectivity index (χ3n) is 14.0. The lowest BCUT2D eigenvalue weighted by atomic mass is 9.98. The smallest absolute Gasteiger partial charge is 0.418 e. The van der Waals surface area contributed by atoms with Gasteiger partial charge in [-0.05, 0) is 91.4 Å². The first kappa shape index (κ1) is 51.1. The topological polar surface area (TPSA) is 140 Å². The van der Waals surface area contributed by atoms with E-state index in [-0.39, 0.29) is 71.4 Å². The third kappa shape index (κ3) is 10.7. The van der Waals surface area contributed by atoms with Gasteiger partial charge in [0.05, 0.1) is 79.2 Å². The predicted molar refractivity (Wildman–Crippen MR) is 274 cm³/mol. The van der Waals surface area contributed by atoms with Gasteiger partial charge in [-0.1, -0.05) is 48.0 Å². The number of morpholine rings is 1. The molecule has 0 saturated carbocycles. The lowest BCUT2D eigenvalue weighted by Gasteiger charge is -2.34. The summed E-state index contributed by atoms with van der Waals surface area (Å²) in [6, 6.07) is 23.2. The van der Waals surface area contributed by atoms with E-state index in [2.05, 4.69) is 20.5 Å². The Balaban J connectivity index is 1.11. The van der Waals surface area contributed by atoms with E-state index < -0.39 is 40.6 Å². The van der Waals surface area contributed by atoms with Gasteiger partial charge in [0, 0.05) is 50.7 Å². The zero-order chi connectivity index (χ0) is 52.4. The maximum absolute atomic E-state index is 18.3. The van der Waals surface area contributed by atoms with Crippen molar-refractivity contribution in [3.05, 3.63) is 158 Å². The number of halogens is 5. The number of nitrogens with zero attached hydrogens (tertiary/aromatic N) is 7. The number of pyridine rings is 1. The molecule has 4 aromatic carbocycles. The van der Waals surface area contributed by atoms with Crippen molar-refractivity contribution < 1.29 is 46.0 Å². The minimum absolute atomic E-state index is 0.000999. The molecule has 10 rings (SSSR count). The highest BCUT2D eigenvalue weighted by molar-refractivity contribution is 6.33. The first-order valence-electron chi connectivity index (χ1n) is 24.6. The number of ether oxygens (including phenoxy) is 6. The van der Waals surface area contributed by atoms with E-state index in [1.165, 1.54) is 13.0 Å².